The van der Waals surface area contributed by atoms with Crippen molar-refractivity contribution in [3.8, 4) is 0 Å². The summed E-state index contributed by atoms with van der Waals surface area (Å²) in [6.45, 7) is 4.06. The van der Waals surface area contributed by atoms with E-state index in [1.54, 1.807) is 23.1 Å². The molecule has 0 atom stereocenters. The van der Waals surface area contributed by atoms with Crippen molar-refractivity contribution in [2.45, 2.75) is 0 Å². The second kappa shape index (κ2) is 4.55. The van der Waals surface area contributed by atoms with Crippen LogP contribution in [0.25, 0.3) is 22.2 Å². The molecule has 3 rings (SSSR count). The number of benzene rings is 1. The highest BCUT2D eigenvalue weighted by atomic mass is 32.2. The maximum absolute atomic E-state index is 4.06. The van der Waals surface area contributed by atoms with E-state index >= 15 is 0 Å². The summed E-state index contributed by atoms with van der Waals surface area (Å²) >= 11 is 3.60. The van der Waals surface area contributed by atoms with E-state index in [0.29, 0.717) is 0 Å². The standard InChI is InChI=1S/C15H12S2/c1-11-2-5-16-6-3-12-10-15-13(4-7-17-15)9-14(12)8-11/h2-5,7-10H,1,6H2/b5-2-,12-3-,14-8?. The zero-order chi connectivity index (χ0) is 11.7. The third kappa shape index (κ3) is 2.24. The van der Waals surface area contributed by atoms with Crippen LogP contribution in [0.3, 0.4) is 0 Å². The third-order valence-electron chi connectivity index (χ3n) is 2.78. The topological polar surface area (TPSA) is 0 Å². The Hall–Kier alpha value is -1.25. The first-order valence-corrected chi connectivity index (χ1v) is 7.42. The summed E-state index contributed by atoms with van der Waals surface area (Å²) < 4.78 is 1.36. The Morgan fingerprint density at radius 1 is 1.18 bits per heavy atom. The number of rotatable bonds is 0. The highest BCUT2D eigenvalue weighted by molar-refractivity contribution is 8.02. The number of allylic oxidation sites excluding steroid dienone is 2. The van der Waals surface area contributed by atoms with Gasteiger partial charge < -0.3 is 0 Å². The summed E-state index contributed by atoms with van der Waals surface area (Å²) in [6.07, 6.45) is 6.52. The van der Waals surface area contributed by atoms with Crippen LogP contribution >= 0.6 is 23.1 Å². The van der Waals surface area contributed by atoms with Gasteiger partial charge in [0.2, 0.25) is 0 Å². The minimum absolute atomic E-state index is 1.02. The van der Waals surface area contributed by atoms with Crippen LogP contribution < -0.4 is 10.4 Å². The SMILES string of the molecule is C=C1C=c2cc3ccsc3c/c2=C/CS/C=C\1. The fraction of sp³-hybridized carbons (Fsp3) is 0.0667. The molecule has 0 nitrogen and oxygen atoms in total. The molecule has 2 heteroatoms. The van der Waals surface area contributed by atoms with E-state index in [-0.39, 0.29) is 0 Å². The Bertz CT molecular complexity index is 717. The molecule has 0 spiro atoms. The van der Waals surface area contributed by atoms with Crippen molar-refractivity contribution >= 4 is 45.3 Å². The molecular formula is C15H12S2. The molecule has 0 unspecified atom stereocenters. The molecular weight excluding hydrogens is 244 g/mol. The highest BCUT2D eigenvalue weighted by Crippen LogP contribution is 2.17. The Kier molecular flexibility index (Phi) is 2.91. The van der Waals surface area contributed by atoms with Gasteiger partial charge in [-0.2, -0.15) is 0 Å². The first kappa shape index (κ1) is 10.9. The highest BCUT2D eigenvalue weighted by Gasteiger charge is 1.97. The molecule has 1 aromatic carbocycles. The molecule has 0 radical (unpaired) electrons. The average molecular weight is 256 g/mol. The number of thioether (sulfide) groups is 1. The van der Waals surface area contributed by atoms with Gasteiger partial charge in [0.05, 0.1) is 0 Å². The Morgan fingerprint density at radius 2 is 2.12 bits per heavy atom. The van der Waals surface area contributed by atoms with Crippen molar-refractivity contribution in [1.29, 1.82) is 0 Å². The molecule has 2 aromatic rings. The van der Waals surface area contributed by atoms with E-state index in [1.807, 2.05) is 0 Å². The van der Waals surface area contributed by atoms with Gasteiger partial charge in [-0.05, 0) is 62.5 Å². The van der Waals surface area contributed by atoms with Crippen LogP contribution in [0.15, 0.2) is 47.2 Å². The second-order valence-electron chi connectivity index (χ2n) is 4.00. The van der Waals surface area contributed by atoms with E-state index in [1.165, 1.54) is 20.5 Å². The lowest BCUT2D eigenvalue weighted by Crippen LogP contribution is -2.24. The molecule has 2 heterocycles. The van der Waals surface area contributed by atoms with Crippen molar-refractivity contribution < 1.29 is 0 Å². The molecule has 0 saturated heterocycles. The third-order valence-corrected chi connectivity index (χ3v) is 4.34. The van der Waals surface area contributed by atoms with E-state index in [0.717, 1.165) is 11.3 Å². The smallest absolute Gasteiger partial charge is 0.0348 e. The monoisotopic (exact) mass is 256 g/mol. The summed E-state index contributed by atoms with van der Waals surface area (Å²) in [5.74, 6) is 1.02. The van der Waals surface area contributed by atoms with Crippen molar-refractivity contribution in [2.75, 3.05) is 5.75 Å². The lowest BCUT2D eigenvalue weighted by atomic mass is 10.1. The van der Waals surface area contributed by atoms with E-state index in [2.05, 4.69) is 53.8 Å². The molecule has 84 valence electrons. The summed E-state index contributed by atoms with van der Waals surface area (Å²) in [5.41, 5.74) is 1.06. The van der Waals surface area contributed by atoms with Gasteiger partial charge in [0.15, 0.2) is 0 Å². The van der Waals surface area contributed by atoms with Crippen LogP contribution in [-0.4, -0.2) is 5.75 Å². The number of hydrogen-bond donors (Lipinski definition) is 0. The quantitative estimate of drug-likeness (QED) is 0.697. The first-order chi connectivity index (χ1) is 8.33. The Morgan fingerprint density at radius 3 is 3.06 bits per heavy atom. The Balaban J connectivity index is 2.36. The van der Waals surface area contributed by atoms with Gasteiger partial charge in [-0.3, -0.25) is 0 Å². The predicted molar refractivity (Wildman–Crippen MR) is 80.7 cm³/mol. The fourth-order valence-corrected chi connectivity index (χ4v) is 3.40. The van der Waals surface area contributed by atoms with Crippen LogP contribution in [0, 0.1) is 0 Å². The predicted octanol–water partition coefficient (Wildman–Crippen LogP) is 3.28. The van der Waals surface area contributed by atoms with Crippen LogP contribution in [0.2, 0.25) is 0 Å². The van der Waals surface area contributed by atoms with Crippen LogP contribution in [0.5, 0.6) is 0 Å². The number of hydrogen-bond acceptors (Lipinski definition) is 2. The van der Waals surface area contributed by atoms with Crippen molar-refractivity contribution in [2.24, 2.45) is 0 Å². The van der Waals surface area contributed by atoms with E-state index in [9.17, 15) is 0 Å². The number of fused-ring (bicyclic) bond motifs is 2. The zero-order valence-corrected chi connectivity index (χ0v) is 11.0. The average Bonchev–Trinajstić information content (AvgIpc) is 2.76. The summed E-state index contributed by atoms with van der Waals surface area (Å²) in [6, 6.07) is 6.71. The summed E-state index contributed by atoms with van der Waals surface area (Å²) in [7, 11) is 0. The molecule has 0 amide bonds. The summed E-state index contributed by atoms with van der Waals surface area (Å²) in [4.78, 5) is 0. The first-order valence-electron chi connectivity index (χ1n) is 5.49. The molecule has 0 saturated carbocycles. The molecule has 0 aliphatic carbocycles. The maximum atomic E-state index is 4.06. The molecule has 0 N–H and O–H groups in total. The molecule has 1 aliphatic rings. The fourth-order valence-electron chi connectivity index (χ4n) is 1.92. The molecule has 1 aliphatic heterocycles. The van der Waals surface area contributed by atoms with Gasteiger partial charge in [0.25, 0.3) is 0 Å². The lowest BCUT2D eigenvalue weighted by Gasteiger charge is -1.94. The maximum Gasteiger partial charge on any atom is 0.0348 e. The second-order valence-corrected chi connectivity index (χ2v) is 5.89. The van der Waals surface area contributed by atoms with Gasteiger partial charge >= 0.3 is 0 Å². The van der Waals surface area contributed by atoms with Crippen molar-refractivity contribution in [1.82, 2.24) is 0 Å². The van der Waals surface area contributed by atoms with Crippen LogP contribution in [0.1, 0.15) is 0 Å². The van der Waals surface area contributed by atoms with Crippen LogP contribution in [0.4, 0.5) is 0 Å². The molecule has 0 bridgehead atoms. The van der Waals surface area contributed by atoms with Gasteiger partial charge in [0, 0.05) is 10.5 Å². The normalized spacial score (nSPS) is 19.3. The zero-order valence-electron chi connectivity index (χ0n) is 9.35. The van der Waals surface area contributed by atoms with Gasteiger partial charge in [-0.1, -0.05) is 12.7 Å². The minimum atomic E-state index is 1.02. The molecule has 1 aromatic heterocycles. The molecule has 0 fully saturated rings. The van der Waals surface area contributed by atoms with Gasteiger partial charge in [0.1, 0.15) is 0 Å². The van der Waals surface area contributed by atoms with Gasteiger partial charge in [-0.25, -0.2) is 0 Å². The van der Waals surface area contributed by atoms with Crippen LogP contribution in [-0.2, 0) is 0 Å². The van der Waals surface area contributed by atoms with E-state index in [4.69, 9.17) is 0 Å². The Labute approximate surface area is 109 Å². The molecule has 17 heavy (non-hydrogen) atoms. The van der Waals surface area contributed by atoms with Gasteiger partial charge in [-0.15, -0.1) is 23.1 Å². The number of thiophene rings is 1. The summed E-state index contributed by atoms with van der Waals surface area (Å²) in [5, 5.41) is 8.17. The van der Waals surface area contributed by atoms with Crippen molar-refractivity contribution in [3.05, 3.63) is 57.7 Å². The van der Waals surface area contributed by atoms with E-state index < -0.39 is 0 Å². The largest absolute Gasteiger partial charge is 0.144 e. The van der Waals surface area contributed by atoms with Crippen molar-refractivity contribution in [3.63, 3.8) is 0 Å². The minimum Gasteiger partial charge on any atom is -0.144 e. The lowest BCUT2D eigenvalue weighted by molar-refractivity contribution is 1.57.